The summed E-state index contributed by atoms with van der Waals surface area (Å²) in [6.45, 7) is 0. The van der Waals surface area contributed by atoms with Gasteiger partial charge in [0.1, 0.15) is 0 Å². The second-order valence-corrected chi connectivity index (χ2v) is 5.54. The SMILES string of the molecule is O=C(Cc1cccc(Cl)c1)c1cc(Br)cc([N+](=O)[O-])c1. The first-order valence-electron chi connectivity index (χ1n) is 5.68. The van der Waals surface area contributed by atoms with Crippen LogP contribution in [0.1, 0.15) is 15.9 Å². The van der Waals surface area contributed by atoms with Gasteiger partial charge in [-0.3, -0.25) is 14.9 Å². The fourth-order valence-electron chi connectivity index (χ4n) is 1.77. The predicted molar refractivity (Wildman–Crippen MR) is 80.3 cm³/mol. The number of carbonyl (C=O) groups is 1. The van der Waals surface area contributed by atoms with Crippen molar-refractivity contribution in [1.29, 1.82) is 0 Å². The van der Waals surface area contributed by atoms with E-state index < -0.39 is 4.92 Å². The van der Waals surface area contributed by atoms with E-state index in [1.807, 2.05) is 0 Å². The number of ketones is 1. The van der Waals surface area contributed by atoms with Crippen molar-refractivity contribution >= 4 is 39.0 Å². The highest BCUT2D eigenvalue weighted by molar-refractivity contribution is 9.10. The van der Waals surface area contributed by atoms with E-state index in [1.54, 1.807) is 30.3 Å². The summed E-state index contributed by atoms with van der Waals surface area (Å²) in [7, 11) is 0. The molecule has 0 amide bonds. The van der Waals surface area contributed by atoms with Crippen molar-refractivity contribution in [2.24, 2.45) is 0 Å². The molecule has 0 saturated heterocycles. The van der Waals surface area contributed by atoms with E-state index in [-0.39, 0.29) is 17.9 Å². The van der Waals surface area contributed by atoms with Crippen LogP contribution in [0.2, 0.25) is 5.02 Å². The molecule has 0 unspecified atom stereocenters. The maximum atomic E-state index is 12.2. The zero-order valence-electron chi connectivity index (χ0n) is 10.2. The normalized spacial score (nSPS) is 10.3. The first-order valence-corrected chi connectivity index (χ1v) is 6.85. The molecule has 0 N–H and O–H groups in total. The number of nitro benzene ring substituents is 1. The van der Waals surface area contributed by atoms with Gasteiger partial charge in [-0.05, 0) is 23.8 Å². The molecule has 0 heterocycles. The number of rotatable bonds is 4. The molecule has 0 aliphatic carbocycles. The van der Waals surface area contributed by atoms with E-state index in [1.165, 1.54) is 12.1 Å². The van der Waals surface area contributed by atoms with Crippen LogP contribution in [0, 0.1) is 10.1 Å². The molecule has 0 aliphatic heterocycles. The lowest BCUT2D eigenvalue weighted by atomic mass is 10.0. The van der Waals surface area contributed by atoms with Crippen molar-refractivity contribution in [3.05, 3.63) is 73.2 Å². The van der Waals surface area contributed by atoms with Crippen molar-refractivity contribution in [2.45, 2.75) is 6.42 Å². The van der Waals surface area contributed by atoms with Crippen LogP contribution in [0.4, 0.5) is 5.69 Å². The van der Waals surface area contributed by atoms with Crippen LogP contribution in [0.5, 0.6) is 0 Å². The average molecular weight is 355 g/mol. The van der Waals surface area contributed by atoms with Gasteiger partial charge in [0.15, 0.2) is 5.78 Å². The van der Waals surface area contributed by atoms with Gasteiger partial charge in [0.05, 0.1) is 4.92 Å². The third kappa shape index (κ3) is 3.65. The summed E-state index contributed by atoms with van der Waals surface area (Å²) in [6.07, 6.45) is 0.147. The maximum Gasteiger partial charge on any atom is 0.271 e. The first-order chi connectivity index (χ1) is 9.45. The van der Waals surface area contributed by atoms with Crippen LogP contribution in [0.3, 0.4) is 0 Å². The van der Waals surface area contributed by atoms with Crippen LogP contribution < -0.4 is 0 Å². The molecule has 2 rings (SSSR count). The lowest BCUT2D eigenvalue weighted by molar-refractivity contribution is -0.385. The Labute approximate surface area is 128 Å². The Morgan fingerprint density at radius 3 is 2.65 bits per heavy atom. The number of hydrogen-bond donors (Lipinski definition) is 0. The van der Waals surface area contributed by atoms with Crippen LogP contribution in [-0.2, 0) is 6.42 Å². The van der Waals surface area contributed by atoms with Gasteiger partial charge in [-0.15, -0.1) is 0 Å². The summed E-state index contributed by atoms with van der Waals surface area (Å²) < 4.78 is 0.501. The molecule has 0 saturated carbocycles. The summed E-state index contributed by atoms with van der Waals surface area (Å²) in [4.78, 5) is 22.4. The number of Topliss-reactive ketones (excluding diaryl/α,β-unsaturated/α-hetero) is 1. The van der Waals surface area contributed by atoms with Crippen molar-refractivity contribution in [3.8, 4) is 0 Å². The minimum absolute atomic E-state index is 0.117. The minimum atomic E-state index is -0.527. The van der Waals surface area contributed by atoms with E-state index in [2.05, 4.69) is 15.9 Å². The molecule has 0 radical (unpaired) electrons. The molecule has 102 valence electrons. The first kappa shape index (κ1) is 14.7. The Hall–Kier alpha value is -1.72. The number of nitrogens with zero attached hydrogens (tertiary/aromatic N) is 1. The minimum Gasteiger partial charge on any atom is -0.294 e. The smallest absolute Gasteiger partial charge is 0.271 e. The molecular formula is C14H9BrClNO3. The van der Waals surface area contributed by atoms with Crippen molar-refractivity contribution < 1.29 is 9.72 Å². The van der Waals surface area contributed by atoms with Gasteiger partial charge < -0.3 is 0 Å². The van der Waals surface area contributed by atoms with Gasteiger partial charge in [-0.25, -0.2) is 0 Å². The standard InChI is InChI=1S/C14H9BrClNO3/c15-11-6-10(7-13(8-11)17(19)20)14(18)5-9-2-1-3-12(16)4-9/h1-4,6-8H,5H2. The number of non-ortho nitro benzene ring substituents is 1. The second-order valence-electron chi connectivity index (χ2n) is 4.19. The van der Waals surface area contributed by atoms with Crippen molar-refractivity contribution in [2.75, 3.05) is 0 Å². The van der Waals surface area contributed by atoms with Gasteiger partial charge in [0.2, 0.25) is 0 Å². The Kier molecular flexibility index (Phi) is 4.52. The number of nitro groups is 1. The molecule has 0 atom stereocenters. The Bertz CT molecular complexity index is 688. The fourth-order valence-corrected chi connectivity index (χ4v) is 2.47. The highest BCUT2D eigenvalue weighted by Gasteiger charge is 2.14. The van der Waals surface area contributed by atoms with E-state index in [4.69, 9.17) is 11.6 Å². The van der Waals surface area contributed by atoms with E-state index >= 15 is 0 Å². The molecule has 0 aromatic heterocycles. The molecule has 20 heavy (non-hydrogen) atoms. The van der Waals surface area contributed by atoms with E-state index in [0.717, 1.165) is 5.56 Å². The van der Waals surface area contributed by atoms with Crippen LogP contribution in [0.25, 0.3) is 0 Å². The van der Waals surface area contributed by atoms with Gasteiger partial charge in [-0.2, -0.15) is 0 Å². The van der Waals surface area contributed by atoms with Crippen LogP contribution >= 0.6 is 27.5 Å². The highest BCUT2D eigenvalue weighted by Crippen LogP contribution is 2.22. The average Bonchev–Trinajstić information content (AvgIpc) is 2.37. The Morgan fingerprint density at radius 1 is 1.25 bits per heavy atom. The Balaban J connectivity index is 2.27. The zero-order valence-corrected chi connectivity index (χ0v) is 12.5. The second kappa shape index (κ2) is 6.15. The zero-order chi connectivity index (χ0) is 14.7. The summed E-state index contributed by atoms with van der Waals surface area (Å²) in [6, 6.07) is 11.2. The summed E-state index contributed by atoms with van der Waals surface area (Å²) >= 11 is 9.03. The van der Waals surface area contributed by atoms with Gasteiger partial charge in [0, 0.05) is 33.6 Å². The number of benzene rings is 2. The van der Waals surface area contributed by atoms with Gasteiger partial charge in [-0.1, -0.05) is 39.7 Å². The van der Waals surface area contributed by atoms with Crippen molar-refractivity contribution in [1.82, 2.24) is 0 Å². The Morgan fingerprint density at radius 2 is 2.00 bits per heavy atom. The molecule has 0 aliphatic rings. The molecule has 2 aromatic rings. The predicted octanol–water partition coefficient (Wildman–Crippen LogP) is 4.44. The quantitative estimate of drug-likeness (QED) is 0.463. The summed E-state index contributed by atoms with van der Waals surface area (Å²) in [5.41, 5.74) is 0.949. The van der Waals surface area contributed by atoms with Crippen LogP contribution in [-0.4, -0.2) is 10.7 Å². The number of halogens is 2. The monoisotopic (exact) mass is 353 g/mol. The maximum absolute atomic E-state index is 12.2. The third-order valence-corrected chi connectivity index (χ3v) is 3.36. The third-order valence-electron chi connectivity index (χ3n) is 2.67. The van der Waals surface area contributed by atoms with E-state index in [0.29, 0.717) is 15.1 Å². The summed E-state index contributed by atoms with van der Waals surface area (Å²) in [5.74, 6) is -0.198. The largest absolute Gasteiger partial charge is 0.294 e. The molecule has 6 heteroatoms. The van der Waals surface area contributed by atoms with Crippen LogP contribution in [0.15, 0.2) is 46.9 Å². The lowest BCUT2D eigenvalue weighted by Crippen LogP contribution is -2.04. The molecule has 0 fully saturated rings. The molecule has 0 bridgehead atoms. The topological polar surface area (TPSA) is 60.2 Å². The molecule has 4 nitrogen and oxygen atoms in total. The summed E-state index contributed by atoms with van der Waals surface area (Å²) in [5, 5.41) is 11.3. The van der Waals surface area contributed by atoms with Crippen molar-refractivity contribution in [3.63, 3.8) is 0 Å². The number of hydrogen-bond acceptors (Lipinski definition) is 3. The number of carbonyl (C=O) groups excluding carboxylic acids is 1. The molecule has 2 aromatic carbocycles. The lowest BCUT2D eigenvalue weighted by Gasteiger charge is -2.03. The highest BCUT2D eigenvalue weighted by atomic mass is 79.9. The molecule has 0 spiro atoms. The van der Waals surface area contributed by atoms with E-state index in [9.17, 15) is 14.9 Å². The molecular weight excluding hydrogens is 346 g/mol. The fraction of sp³-hybridized carbons (Fsp3) is 0.0714. The van der Waals surface area contributed by atoms with Gasteiger partial charge in [0.25, 0.3) is 5.69 Å². The van der Waals surface area contributed by atoms with Gasteiger partial charge >= 0.3 is 0 Å².